The van der Waals surface area contributed by atoms with E-state index in [4.69, 9.17) is 0 Å². The number of para-hydroxylation sites is 1. The predicted octanol–water partition coefficient (Wildman–Crippen LogP) is 1.74. The summed E-state index contributed by atoms with van der Waals surface area (Å²) in [6.07, 6.45) is 7.49. The smallest absolute Gasteiger partial charge is 0.328 e. The second-order valence-corrected chi connectivity index (χ2v) is 6.69. The molecule has 0 fully saturated rings. The number of fused-ring (bicyclic) bond motifs is 1. The average Bonchev–Trinajstić information content (AvgIpc) is 2.99. The molecule has 1 unspecified atom stereocenters. The van der Waals surface area contributed by atoms with E-state index in [0.717, 1.165) is 21.1 Å². The first-order valence-corrected chi connectivity index (χ1v) is 9.05. The van der Waals surface area contributed by atoms with Crippen LogP contribution in [0.1, 0.15) is 31.1 Å². The molecule has 1 aromatic carbocycles. The summed E-state index contributed by atoms with van der Waals surface area (Å²) in [5.41, 5.74) is 2.38. The molecule has 0 aliphatic carbocycles. The molecule has 3 aromatic rings. The molecule has 2 heterocycles. The summed E-state index contributed by atoms with van der Waals surface area (Å²) in [6.45, 7) is 6.97. The molecule has 0 amide bonds. The highest BCUT2D eigenvalue weighted by Crippen LogP contribution is 2.21. The van der Waals surface area contributed by atoms with Gasteiger partial charge in [-0.2, -0.15) is 5.10 Å². The minimum atomic E-state index is -1.11. The molecule has 1 N–H and O–H groups in total. The van der Waals surface area contributed by atoms with E-state index in [2.05, 4.69) is 11.7 Å². The number of carboxylic acids is 1. The Kier molecular flexibility index (Phi) is 5.31. The SMILES string of the molecule is C=C/C=c1/c(=O)n(C(C)C(=O)O)nc(Cc2cn(C)c3ccccc23)/c1=C/C. The zero-order valence-electron chi connectivity index (χ0n) is 16.2. The second kappa shape index (κ2) is 7.68. The number of rotatable bonds is 5. The summed E-state index contributed by atoms with van der Waals surface area (Å²) >= 11 is 0. The van der Waals surface area contributed by atoms with Crippen molar-refractivity contribution in [3.8, 4) is 0 Å². The van der Waals surface area contributed by atoms with Crippen molar-refractivity contribution < 1.29 is 9.90 Å². The Morgan fingerprint density at radius 3 is 2.68 bits per heavy atom. The lowest BCUT2D eigenvalue weighted by molar-refractivity contribution is -0.140. The van der Waals surface area contributed by atoms with Gasteiger partial charge < -0.3 is 9.67 Å². The molecule has 0 radical (unpaired) electrons. The molecule has 1 atom stereocenters. The Balaban J connectivity index is 2.30. The van der Waals surface area contributed by atoms with Crippen molar-refractivity contribution in [2.75, 3.05) is 0 Å². The number of carbonyl (C=O) groups is 1. The molecule has 3 rings (SSSR count). The zero-order valence-corrected chi connectivity index (χ0v) is 16.2. The van der Waals surface area contributed by atoms with Crippen LogP contribution in [0, 0.1) is 0 Å². The molecule has 144 valence electrons. The summed E-state index contributed by atoms with van der Waals surface area (Å²) in [5, 5.41) is 16.0. The van der Waals surface area contributed by atoms with Gasteiger partial charge in [0.05, 0.1) is 10.9 Å². The van der Waals surface area contributed by atoms with Crippen molar-refractivity contribution in [1.82, 2.24) is 14.3 Å². The maximum atomic E-state index is 12.8. The molecular formula is C22H23N3O3. The number of carboxylic acid groups (broad SMARTS) is 1. The maximum absolute atomic E-state index is 12.8. The fourth-order valence-electron chi connectivity index (χ4n) is 3.47. The van der Waals surface area contributed by atoms with Gasteiger partial charge in [0.2, 0.25) is 0 Å². The van der Waals surface area contributed by atoms with E-state index in [-0.39, 0.29) is 0 Å². The van der Waals surface area contributed by atoms with Crippen LogP contribution in [0.2, 0.25) is 0 Å². The molecule has 2 aromatic heterocycles. The van der Waals surface area contributed by atoms with Gasteiger partial charge in [-0.3, -0.25) is 4.79 Å². The number of aromatic nitrogens is 3. The van der Waals surface area contributed by atoms with Crippen LogP contribution in [0.25, 0.3) is 23.1 Å². The molecule has 0 aliphatic heterocycles. The van der Waals surface area contributed by atoms with Crippen LogP contribution in [0.3, 0.4) is 0 Å². The first-order chi connectivity index (χ1) is 13.4. The molecule has 0 aliphatic rings. The summed E-state index contributed by atoms with van der Waals surface area (Å²) in [4.78, 5) is 24.3. The Labute approximate surface area is 162 Å². The van der Waals surface area contributed by atoms with Crippen molar-refractivity contribution in [2.24, 2.45) is 7.05 Å². The highest BCUT2D eigenvalue weighted by atomic mass is 16.4. The van der Waals surface area contributed by atoms with Gasteiger partial charge in [0.25, 0.3) is 5.56 Å². The third kappa shape index (κ3) is 3.29. The largest absolute Gasteiger partial charge is 0.480 e. The quantitative estimate of drug-likeness (QED) is 0.735. The number of hydrogen-bond acceptors (Lipinski definition) is 3. The van der Waals surface area contributed by atoms with E-state index in [1.54, 1.807) is 6.08 Å². The van der Waals surface area contributed by atoms with E-state index < -0.39 is 17.6 Å². The second-order valence-electron chi connectivity index (χ2n) is 6.69. The van der Waals surface area contributed by atoms with Gasteiger partial charge in [0.15, 0.2) is 6.04 Å². The first-order valence-electron chi connectivity index (χ1n) is 9.05. The Morgan fingerprint density at radius 1 is 1.32 bits per heavy atom. The fourth-order valence-corrected chi connectivity index (χ4v) is 3.47. The van der Waals surface area contributed by atoms with Crippen molar-refractivity contribution in [2.45, 2.75) is 26.3 Å². The van der Waals surface area contributed by atoms with Crippen molar-refractivity contribution in [3.05, 3.63) is 75.2 Å². The molecular weight excluding hydrogens is 354 g/mol. The van der Waals surface area contributed by atoms with Crippen LogP contribution in [-0.2, 0) is 18.3 Å². The number of allylic oxidation sites excluding steroid dienone is 1. The van der Waals surface area contributed by atoms with Gasteiger partial charge in [-0.05, 0) is 31.6 Å². The number of benzene rings is 1. The molecule has 0 spiro atoms. The number of aryl methyl sites for hydroxylation is 1. The van der Waals surface area contributed by atoms with Crippen LogP contribution in [0.15, 0.2) is 47.9 Å². The Morgan fingerprint density at radius 2 is 2.04 bits per heavy atom. The highest BCUT2D eigenvalue weighted by Gasteiger charge is 2.19. The van der Waals surface area contributed by atoms with Gasteiger partial charge in [-0.1, -0.05) is 36.9 Å². The van der Waals surface area contributed by atoms with Crippen molar-refractivity contribution in [3.63, 3.8) is 0 Å². The molecule has 6 heteroatoms. The van der Waals surface area contributed by atoms with Crippen LogP contribution in [0.4, 0.5) is 0 Å². The van der Waals surface area contributed by atoms with E-state index in [0.29, 0.717) is 22.6 Å². The van der Waals surface area contributed by atoms with Crippen molar-refractivity contribution >= 4 is 29.0 Å². The third-order valence-corrected chi connectivity index (χ3v) is 4.90. The van der Waals surface area contributed by atoms with E-state index in [1.165, 1.54) is 13.0 Å². The van der Waals surface area contributed by atoms with Gasteiger partial charge in [-0.15, -0.1) is 0 Å². The van der Waals surface area contributed by atoms with Gasteiger partial charge in [0, 0.05) is 35.8 Å². The molecule has 0 saturated heterocycles. The van der Waals surface area contributed by atoms with Crippen LogP contribution >= 0.6 is 0 Å². The standard InChI is InChI=1S/C22H23N3O3/c1-5-9-18-16(6-2)19(23-25(21(18)26)14(3)22(27)28)12-15-13-24(4)20-11-8-7-10-17(15)20/h5-11,13-14H,1,12H2,2-4H3,(H,27,28)/b16-6+,18-9+. The van der Waals surface area contributed by atoms with Gasteiger partial charge in [0.1, 0.15) is 0 Å². The monoisotopic (exact) mass is 377 g/mol. The number of hydrogen-bond donors (Lipinski definition) is 1. The van der Waals surface area contributed by atoms with Crippen LogP contribution in [-0.4, -0.2) is 25.4 Å². The number of aliphatic carboxylic acids is 1. The van der Waals surface area contributed by atoms with E-state index >= 15 is 0 Å². The third-order valence-electron chi connectivity index (χ3n) is 4.90. The van der Waals surface area contributed by atoms with Crippen molar-refractivity contribution in [1.29, 1.82) is 0 Å². The molecule has 0 bridgehead atoms. The molecule has 28 heavy (non-hydrogen) atoms. The Hall–Kier alpha value is -3.41. The number of nitrogens with zero attached hydrogens (tertiary/aromatic N) is 3. The zero-order chi connectivity index (χ0) is 20.4. The highest BCUT2D eigenvalue weighted by molar-refractivity contribution is 5.84. The van der Waals surface area contributed by atoms with Crippen LogP contribution < -0.4 is 16.0 Å². The minimum absolute atomic E-state index is 0.399. The average molecular weight is 377 g/mol. The van der Waals surface area contributed by atoms with Gasteiger partial charge >= 0.3 is 5.97 Å². The summed E-state index contributed by atoms with van der Waals surface area (Å²) < 4.78 is 3.10. The van der Waals surface area contributed by atoms with Crippen LogP contribution in [0.5, 0.6) is 0 Å². The summed E-state index contributed by atoms with van der Waals surface area (Å²) in [6, 6.07) is 7.00. The lowest BCUT2D eigenvalue weighted by Crippen LogP contribution is -2.50. The van der Waals surface area contributed by atoms with Gasteiger partial charge in [-0.25, -0.2) is 9.48 Å². The predicted molar refractivity (Wildman–Crippen MR) is 111 cm³/mol. The fraction of sp³-hybridized carbons (Fsp3) is 0.227. The lowest BCUT2D eigenvalue weighted by Gasteiger charge is -2.12. The minimum Gasteiger partial charge on any atom is -0.480 e. The molecule has 6 nitrogen and oxygen atoms in total. The van der Waals surface area contributed by atoms with E-state index in [1.807, 2.05) is 55.1 Å². The topological polar surface area (TPSA) is 77.1 Å². The molecule has 0 saturated carbocycles. The lowest BCUT2D eigenvalue weighted by atomic mass is 10.1. The van der Waals surface area contributed by atoms with E-state index in [9.17, 15) is 14.7 Å². The Bertz CT molecular complexity index is 1250. The normalized spacial score (nSPS) is 13.8. The maximum Gasteiger partial charge on any atom is 0.328 e. The first kappa shape index (κ1) is 19.4. The summed E-state index contributed by atoms with van der Waals surface area (Å²) in [5.74, 6) is -1.11. The summed E-state index contributed by atoms with van der Waals surface area (Å²) in [7, 11) is 1.98.